The van der Waals surface area contributed by atoms with Crippen molar-refractivity contribution in [3.05, 3.63) is 23.5 Å². The molecule has 3 atom stereocenters. The smallest absolute Gasteiger partial charge is 0.109 e. The lowest BCUT2D eigenvalue weighted by atomic mass is 9.82. The maximum atomic E-state index is 10.4. The molecule has 0 spiro atoms. The lowest BCUT2D eigenvalue weighted by Gasteiger charge is -2.33. The summed E-state index contributed by atoms with van der Waals surface area (Å²) < 4.78 is 3.44. The predicted molar refractivity (Wildman–Crippen MR) is 90.3 cm³/mol. The average Bonchev–Trinajstić information content (AvgIpc) is 3.12. The first kappa shape index (κ1) is 14.6. The Morgan fingerprint density at radius 1 is 1.43 bits per heavy atom. The molecule has 1 saturated carbocycles. The van der Waals surface area contributed by atoms with Crippen LogP contribution in [0.25, 0.3) is 21.3 Å². The SMILES string of the molecule is Cc1nc2cnc3ccsc3c2n1[C@H]1CC[C@H](CC#N)[C@@H](O)C1. The van der Waals surface area contributed by atoms with Crippen molar-refractivity contribution in [2.24, 2.45) is 5.92 Å². The number of pyridine rings is 1. The first-order valence-corrected chi connectivity index (χ1v) is 8.82. The fourth-order valence-electron chi connectivity index (χ4n) is 3.82. The van der Waals surface area contributed by atoms with Crippen LogP contribution in [-0.2, 0) is 0 Å². The number of hydrogen-bond donors (Lipinski definition) is 1. The molecule has 23 heavy (non-hydrogen) atoms. The second-order valence-electron chi connectivity index (χ2n) is 6.31. The molecule has 6 heteroatoms. The standard InChI is InChI=1S/C17H18N4OS/c1-10-20-14-9-19-13-5-7-23-17(13)16(14)21(10)12-3-2-11(4-6-18)15(22)8-12/h5,7,9,11-12,15,22H,2-4,8H2,1H3/t11-,12+,15+/m1/s1. The number of thiophene rings is 1. The summed E-state index contributed by atoms with van der Waals surface area (Å²) in [5.74, 6) is 1.08. The highest BCUT2D eigenvalue weighted by atomic mass is 32.1. The molecule has 5 nitrogen and oxygen atoms in total. The minimum absolute atomic E-state index is 0.106. The van der Waals surface area contributed by atoms with E-state index < -0.39 is 6.10 Å². The first-order chi connectivity index (χ1) is 11.2. The van der Waals surface area contributed by atoms with E-state index in [1.807, 2.05) is 19.2 Å². The number of nitrogens with zero attached hydrogens (tertiary/aromatic N) is 4. The van der Waals surface area contributed by atoms with Crippen molar-refractivity contribution in [3.63, 3.8) is 0 Å². The van der Waals surface area contributed by atoms with Gasteiger partial charge in [0, 0.05) is 12.5 Å². The van der Waals surface area contributed by atoms with Crippen molar-refractivity contribution >= 4 is 32.6 Å². The lowest BCUT2D eigenvalue weighted by molar-refractivity contribution is 0.0501. The summed E-state index contributed by atoms with van der Waals surface area (Å²) in [6, 6.07) is 4.46. The zero-order chi connectivity index (χ0) is 16.0. The molecule has 1 fully saturated rings. The number of imidazole rings is 1. The molecular weight excluding hydrogens is 308 g/mol. The molecule has 0 saturated heterocycles. The molecule has 0 amide bonds. The van der Waals surface area contributed by atoms with Crippen molar-refractivity contribution in [1.82, 2.24) is 14.5 Å². The van der Waals surface area contributed by atoms with E-state index in [1.165, 1.54) is 0 Å². The van der Waals surface area contributed by atoms with Gasteiger partial charge in [0.2, 0.25) is 0 Å². The third-order valence-corrected chi connectivity index (χ3v) is 5.86. The number of rotatable bonds is 2. The van der Waals surface area contributed by atoms with Gasteiger partial charge in [0.05, 0.1) is 34.1 Å². The minimum Gasteiger partial charge on any atom is -0.393 e. The highest BCUT2D eigenvalue weighted by Gasteiger charge is 2.31. The second-order valence-corrected chi connectivity index (χ2v) is 7.23. The first-order valence-electron chi connectivity index (χ1n) is 7.94. The van der Waals surface area contributed by atoms with Gasteiger partial charge in [0.25, 0.3) is 0 Å². The summed E-state index contributed by atoms with van der Waals surface area (Å²) in [7, 11) is 0. The van der Waals surface area contributed by atoms with Crippen LogP contribution in [-0.4, -0.2) is 25.7 Å². The Hall–Kier alpha value is -1.97. The van der Waals surface area contributed by atoms with E-state index in [2.05, 4.69) is 26.0 Å². The molecule has 0 unspecified atom stereocenters. The lowest BCUT2D eigenvalue weighted by Crippen LogP contribution is -2.31. The van der Waals surface area contributed by atoms with E-state index in [0.717, 1.165) is 39.9 Å². The van der Waals surface area contributed by atoms with Gasteiger partial charge in [-0.1, -0.05) is 0 Å². The van der Waals surface area contributed by atoms with Crippen LogP contribution in [0, 0.1) is 24.2 Å². The summed E-state index contributed by atoms with van der Waals surface area (Å²) in [6.07, 6.45) is 4.42. The maximum Gasteiger partial charge on any atom is 0.109 e. The number of nitriles is 1. The van der Waals surface area contributed by atoms with E-state index in [0.29, 0.717) is 12.8 Å². The molecular formula is C17H18N4OS. The summed E-state index contributed by atoms with van der Waals surface area (Å²) in [5.41, 5.74) is 3.06. The Morgan fingerprint density at radius 2 is 2.30 bits per heavy atom. The number of aryl methyl sites for hydroxylation is 1. The van der Waals surface area contributed by atoms with Crippen molar-refractivity contribution in [3.8, 4) is 6.07 Å². The highest BCUT2D eigenvalue weighted by molar-refractivity contribution is 7.18. The quantitative estimate of drug-likeness (QED) is 0.781. The van der Waals surface area contributed by atoms with Crippen LogP contribution in [0.1, 0.15) is 37.5 Å². The van der Waals surface area contributed by atoms with Gasteiger partial charge in [-0.05, 0) is 43.6 Å². The molecule has 0 bridgehead atoms. The second kappa shape index (κ2) is 5.59. The molecule has 1 aliphatic carbocycles. The van der Waals surface area contributed by atoms with Gasteiger partial charge in [0.1, 0.15) is 11.3 Å². The fourth-order valence-corrected chi connectivity index (χ4v) is 4.71. The third kappa shape index (κ3) is 2.32. The summed E-state index contributed by atoms with van der Waals surface area (Å²) >= 11 is 1.69. The Morgan fingerprint density at radius 3 is 3.09 bits per heavy atom. The molecule has 3 aromatic rings. The van der Waals surface area contributed by atoms with Gasteiger partial charge in [0.15, 0.2) is 0 Å². The topological polar surface area (TPSA) is 74.7 Å². The summed E-state index contributed by atoms with van der Waals surface area (Å²) in [5, 5.41) is 21.4. The zero-order valence-electron chi connectivity index (χ0n) is 12.9. The number of hydrogen-bond acceptors (Lipinski definition) is 5. The van der Waals surface area contributed by atoms with Crippen LogP contribution >= 0.6 is 11.3 Å². The van der Waals surface area contributed by atoms with Gasteiger partial charge in [-0.15, -0.1) is 11.3 Å². The van der Waals surface area contributed by atoms with Crippen LogP contribution in [0.5, 0.6) is 0 Å². The number of aliphatic hydroxyl groups excluding tert-OH is 1. The Labute approximate surface area is 138 Å². The fraction of sp³-hybridized carbons (Fsp3) is 0.471. The van der Waals surface area contributed by atoms with Crippen molar-refractivity contribution in [1.29, 1.82) is 5.26 Å². The predicted octanol–water partition coefficient (Wildman–Crippen LogP) is 3.57. The summed E-state index contributed by atoms with van der Waals surface area (Å²) in [6.45, 7) is 2.02. The van der Waals surface area contributed by atoms with Crippen molar-refractivity contribution in [2.45, 2.75) is 44.8 Å². The van der Waals surface area contributed by atoms with Gasteiger partial charge in [-0.3, -0.25) is 4.98 Å². The molecule has 0 aliphatic heterocycles. The van der Waals surface area contributed by atoms with E-state index in [4.69, 9.17) is 5.26 Å². The third-order valence-electron chi connectivity index (χ3n) is 4.95. The van der Waals surface area contributed by atoms with Crippen LogP contribution in [0.15, 0.2) is 17.6 Å². The van der Waals surface area contributed by atoms with Gasteiger partial charge in [-0.2, -0.15) is 5.26 Å². The number of aliphatic hydroxyl groups is 1. The van der Waals surface area contributed by atoms with E-state index >= 15 is 0 Å². The van der Waals surface area contributed by atoms with E-state index in [1.54, 1.807) is 11.3 Å². The molecule has 0 aromatic carbocycles. The normalized spacial score (nSPS) is 25.0. The number of fused-ring (bicyclic) bond motifs is 3. The van der Waals surface area contributed by atoms with E-state index in [-0.39, 0.29) is 12.0 Å². The maximum absolute atomic E-state index is 10.4. The van der Waals surface area contributed by atoms with Crippen LogP contribution in [0.3, 0.4) is 0 Å². The molecule has 3 heterocycles. The van der Waals surface area contributed by atoms with Crippen molar-refractivity contribution in [2.75, 3.05) is 0 Å². The number of aromatic nitrogens is 3. The van der Waals surface area contributed by atoms with Gasteiger partial charge in [-0.25, -0.2) is 4.98 Å². The Bertz CT molecular complexity index is 906. The van der Waals surface area contributed by atoms with Gasteiger partial charge >= 0.3 is 0 Å². The Kier molecular flexibility index (Phi) is 3.55. The summed E-state index contributed by atoms with van der Waals surface area (Å²) in [4.78, 5) is 9.14. The average molecular weight is 326 g/mol. The minimum atomic E-state index is -0.411. The molecule has 0 radical (unpaired) electrons. The molecule has 3 aromatic heterocycles. The Balaban J connectivity index is 1.79. The van der Waals surface area contributed by atoms with Crippen LogP contribution < -0.4 is 0 Å². The van der Waals surface area contributed by atoms with Crippen molar-refractivity contribution < 1.29 is 5.11 Å². The van der Waals surface area contributed by atoms with Crippen LogP contribution in [0.4, 0.5) is 0 Å². The molecule has 1 aliphatic rings. The molecule has 1 N–H and O–H groups in total. The highest BCUT2D eigenvalue weighted by Crippen LogP contribution is 2.38. The van der Waals surface area contributed by atoms with Gasteiger partial charge < -0.3 is 9.67 Å². The zero-order valence-corrected chi connectivity index (χ0v) is 13.8. The molecule has 118 valence electrons. The molecule has 4 rings (SSSR count). The van der Waals surface area contributed by atoms with E-state index in [9.17, 15) is 5.11 Å². The largest absolute Gasteiger partial charge is 0.393 e. The van der Waals surface area contributed by atoms with Crippen LogP contribution in [0.2, 0.25) is 0 Å². The monoisotopic (exact) mass is 326 g/mol.